The van der Waals surface area contributed by atoms with E-state index in [-0.39, 0.29) is 5.28 Å². The van der Waals surface area contributed by atoms with Crippen molar-refractivity contribution in [3.8, 4) is 0 Å². The summed E-state index contributed by atoms with van der Waals surface area (Å²) < 4.78 is 1.25. The van der Waals surface area contributed by atoms with Crippen molar-refractivity contribution >= 4 is 44.5 Å². The third kappa shape index (κ3) is 2.05. The van der Waals surface area contributed by atoms with Crippen molar-refractivity contribution in [2.24, 2.45) is 0 Å². The summed E-state index contributed by atoms with van der Waals surface area (Å²) in [5.74, 6) is 0.749. The Balaban J connectivity index is 2.04. The van der Waals surface area contributed by atoms with Crippen LogP contribution in [0.25, 0.3) is 10.1 Å². The number of aryl methyl sites for hydroxylation is 1. The van der Waals surface area contributed by atoms with E-state index in [1.165, 1.54) is 10.1 Å². The molecule has 0 fully saturated rings. The Kier molecular flexibility index (Phi) is 2.89. The highest BCUT2D eigenvalue weighted by molar-refractivity contribution is 7.17. The Bertz CT molecular complexity index is 708. The van der Waals surface area contributed by atoms with Crippen molar-refractivity contribution in [3.63, 3.8) is 0 Å². The largest absolute Gasteiger partial charge is 0.339 e. The van der Waals surface area contributed by atoms with E-state index in [1.807, 2.05) is 19.1 Å². The SMILES string of the molecule is Cc1cnc(Cl)nc1Nc1csc2ccccc12. The van der Waals surface area contributed by atoms with Crippen LogP contribution in [0.5, 0.6) is 0 Å². The van der Waals surface area contributed by atoms with Crippen LogP contribution >= 0.6 is 22.9 Å². The van der Waals surface area contributed by atoms with Gasteiger partial charge in [0, 0.05) is 27.2 Å². The lowest BCUT2D eigenvalue weighted by molar-refractivity contribution is 1.13. The fourth-order valence-electron chi connectivity index (χ4n) is 1.75. The molecule has 0 saturated carbocycles. The lowest BCUT2D eigenvalue weighted by atomic mass is 10.2. The van der Waals surface area contributed by atoms with Crippen LogP contribution in [-0.4, -0.2) is 9.97 Å². The van der Waals surface area contributed by atoms with Crippen molar-refractivity contribution < 1.29 is 0 Å². The van der Waals surface area contributed by atoms with Gasteiger partial charge in [0.2, 0.25) is 5.28 Å². The first-order chi connectivity index (χ1) is 8.74. The van der Waals surface area contributed by atoms with E-state index >= 15 is 0 Å². The molecular formula is C13H10ClN3S. The van der Waals surface area contributed by atoms with Gasteiger partial charge in [0.25, 0.3) is 0 Å². The Morgan fingerprint density at radius 3 is 3.00 bits per heavy atom. The fraction of sp³-hybridized carbons (Fsp3) is 0.0769. The molecule has 3 aromatic rings. The minimum atomic E-state index is 0.252. The molecule has 0 aliphatic heterocycles. The highest BCUT2D eigenvalue weighted by Crippen LogP contribution is 2.32. The van der Waals surface area contributed by atoms with Crippen LogP contribution in [-0.2, 0) is 0 Å². The van der Waals surface area contributed by atoms with E-state index < -0.39 is 0 Å². The van der Waals surface area contributed by atoms with Gasteiger partial charge in [-0.2, -0.15) is 0 Å². The summed E-state index contributed by atoms with van der Waals surface area (Å²) in [5.41, 5.74) is 2.02. The number of hydrogen-bond donors (Lipinski definition) is 1. The second kappa shape index (κ2) is 4.55. The van der Waals surface area contributed by atoms with Crippen LogP contribution in [0.3, 0.4) is 0 Å². The third-order valence-electron chi connectivity index (χ3n) is 2.68. The molecular weight excluding hydrogens is 266 g/mol. The molecule has 3 rings (SSSR count). The topological polar surface area (TPSA) is 37.8 Å². The van der Waals surface area contributed by atoms with Crippen LogP contribution in [0.15, 0.2) is 35.8 Å². The van der Waals surface area contributed by atoms with Gasteiger partial charge in [-0.05, 0) is 24.6 Å². The zero-order valence-corrected chi connectivity index (χ0v) is 11.2. The van der Waals surface area contributed by atoms with Gasteiger partial charge in [-0.1, -0.05) is 18.2 Å². The van der Waals surface area contributed by atoms with Crippen LogP contribution < -0.4 is 5.32 Å². The van der Waals surface area contributed by atoms with Crippen LogP contribution in [0.4, 0.5) is 11.5 Å². The van der Waals surface area contributed by atoms with Crippen molar-refractivity contribution in [1.29, 1.82) is 0 Å². The molecule has 0 aliphatic rings. The van der Waals surface area contributed by atoms with E-state index in [4.69, 9.17) is 11.6 Å². The Hall–Kier alpha value is -1.65. The summed E-state index contributed by atoms with van der Waals surface area (Å²) in [7, 11) is 0. The van der Waals surface area contributed by atoms with Gasteiger partial charge >= 0.3 is 0 Å². The average Bonchev–Trinajstić information content (AvgIpc) is 2.78. The summed E-state index contributed by atoms with van der Waals surface area (Å²) in [6.45, 7) is 1.95. The molecule has 0 unspecified atom stereocenters. The first-order valence-electron chi connectivity index (χ1n) is 5.46. The summed E-state index contributed by atoms with van der Waals surface area (Å²) in [5, 5.41) is 6.84. The van der Waals surface area contributed by atoms with E-state index in [0.29, 0.717) is 0 Å². The van der Waals surface area contributed by atoms with E-state index in [9.17, 15) is 0 Å². The molecule has 0 aliphatic carbocycles. The molecule has 0 amide bonds. The summed E-state index contributed by atoms with van der Waals surface area (Å²) in [6.07, 6.45) is 1.71. The molecule has 0 saturated heterocycles. The van der Waals surface area contributed by atoms with E-state index in [2.05, 4.69) is 32.8 Å². The van der Waals surface area contributed by atoms with Gasteiger partial charge in [-0.15, -0.1) is 11.3 Å². The van der Waals surface area contributed by atoms with Crippen molar-refractivity contribution in [2.75, 3.05) is 5.32 Å². The number of nitrogens with one attached hydrogen (secondary N) is 1. The fourth-order valence-corrected chi connectivity index (χ4v) is 2.78. The lowest BCUT2D eigenvalue weighted by Gasteiger charge is -2.07. The number of aromatic nitrogens is 2. The lowest BCUT2D eigenvalue weighted by Crippen LogP contribution is -1.97. The molecule has 0 bridgehead atoms. The standard InChI is InChI=1S/C13H10ClN3S/c1-8-6-15-13(14)17-12(8)16-10-7-18-11-5-3-2-4-9(10)11/h2-7H,1H3,(H,15,16,17). The maximum absolute atomic E-state index is 5.82. The molecule has 18 heavy (non-hydrogen) atoms. The minimum Gasteiger partial charge on any atom is -0.339 e. The van der Waals surface area contributed by atoms with Crippen molar-refractivity contribution in [1.82, 2.24) is 9.97 Å². The highest BCUT2D eigenvalue weighted by Gasteiger charge is 2.07. The van der Waals surface area contributed by atoms with Crippen molar-refractivity contribution in [3.05, 3.63) is 46.7 Å². The smallest absolute Gasteiger partial charge is 0.224 e. The van der Waals surface area contributed by atoms with E-state index in [0.717, 1.165) is 17.1 Å². The number of hydrogen-bond acceptors (Lipinski definition) is 4. The molecule has 5 heteroatoms. The summed E-state index contributed by atoms with van der Waals surface area (Å²) in [6, 6.07) is 8.26. The first-order valence-corrected chi connectivity index (χ1v) is 6.72. The molecule has 3 nitrogen and oxygen atoms in total. The van der Waals surface area contributed by atoms with Gasteiger partial charge in [-0.3, -0.25) is 0 Å². The predicted molar refractivity (Wildman–Crippen MR) is 76.9 cm³/mol. The molecule has 2 aromatic heterocycles. The number of benzene rings is 1. The average molecular weight is 276 g/mol. The molecule has 1 N–H and O–H groups in total. The maximum atomic E-state index is 5.82. The second-order valence-electron chi connectivity index (χ2n) is 3.94. The molecule has 2 heterocycles. The second-order valence-corrected chi connectivity index (χ2v) is 5.19. The van der Waals surface area contributed by atoms with Gasteiger partial charge in [-0.25, -0.2) is 9.97 Å². The van der Waals surface area contributed by atoms with E-state index in [1.54, 1.807) is 17.5 Å². The number of thiophene rings is 1. The number of anilines is 2. The van der Waals surface area contributed by atoms with Crippen molar-refractivity contribution in [2.45, 2.75) is 6.92 Å². The monoisotopic (exact) mass is 275 g/mol. The predicted octanol–water partition coefficient (Wildman–Crippen LogP) is 4.40. The molecule has 0 spiro atoms. The van der Waals surface area contributed by atoms with Crippen LogP contribution in [0.2, 0.25) is 5.28 Å². The Labute approximate surface area is 113 Å². The van der Waals surface area contributed by atoms with Crippen LogP contribution in [0, 0.1) is 6.92 Å². The summed E-state index contributed by atoms with van der Waals surface area (Å²) in [4.78, 5) is 8.15. The van der Waals surface area contributed by atoms with Gasteiger partial charge in [0.05, 0.1) is 5.69 Å². The van der Waals surface area contributed by atoms with Gasteiger partial charge < -0.3 is 5.32 Å². The quantitative estimate of drug-likeness (QED) is 0.705. The molecule has 1 aromatic carbocycles. The maximum Gasteiger partial charge on any atom is 0.224 e. The van der Waals surface area contributed by atoms with Gasteiger partial charge in [0.1, 0.15) is 5.82 Å². The van der Waals surface area contributed by atoms with Crippen LogP contribution in [0.1, 0.15) is 5.56 Å². The highest BCUT2D eigenvalue weighted by atomic mass is 35.5. The Morgan fingerprint density at radius 1 is 1.28 bits per heavy atom. The Morgan fingerprint density at radius 2 is 2.11 bits per heavy atom. The zero-order valence-electron chi connectivity index (χ0n) is 9.64. The number of fused-ring (bicyclic) bond motifs is 1. The minimum absolute atomic E-state index is 0.252. The molecule has 90 valence electrons. The number of nitrogens with zero attached hydrogens (tertiary/aromatic N) is 2. The zero-order chi connectivity index (χ0) is 12.5. The molecule has 0 atom stereocenters. The molecule has 0 radical (unpaired) electrons. The third-order valence-corrected chi connectivity index (χ3v) is 3.82. The van der Waals surface area contributed by atoms with Gasteiger partial charge in [0.15, 0.2) is 0 Å². The normalized spacial score (nSPS) is 10.8. The summed E-state index contributed by atoms with van der Waals surface area (Å²) >= 11 is 7.52. The number of halogens is 1. The number of rotatable bonds is 2. The first kappa shape index (κ1) is 11.4.